The van der Waals surface area contributed by atoms with Gasteiger partial charge in [0.1, 0.15) is 23.3 Å². The highest BCUT2D eigenvalue weighted by atomic mass is 32.1. The van der Waals surface area contributed by atoms with Crippen molar-refractivity contribution in [1.29, 1.82) is 0 Å². The van der Waals surface area contributed by atoms with Crippen molar-refractivity contribution in [3.05, 3.63) is 82.1 Å². The molecule has 34 heavy (non-hydrogen) atoms. The van der Waals surface area contributed by atoms with Gasteiger partial charge in [-0.15, -0.1) is 11.3 Å². The van der Waals surface area contributed by atoms with Gasteiger partial charge in [-0.2, -0.15) is 0 Å². The Balaban J connectivity index is 1.70. The molecule has 1 fully saturated rings. The predicted octanol–water partition coefficient (Wildman–Crippen LogP) is 5.95. The van der Waals surface area contributed by atoms with E-state index in [9.17, 15) is 14.7 Å². The minimum absolute atomic E-state index is 0.0693. The number of carbonyl (C=O) groups excluding carboxylic acids is 2. The summed E-state index contributed by atoms with van der Waals surface area (Å²) in [6.45, 7) is 2.77. The molecule has 1 N–H and O–H groups in total. The first-order valence-corrected chi connectivity index (χ1v) is 12.1. The van der Waals surface area contributed by atoms with Gasteiger partial charge < -0.3 is 14.6 Å². The van der Waals surface area contributed by atoms with Crippen LogP contribution in [0.2, 0.25) is 0 Å². The number of unbranched alkanes of at least 4 members (excludes halogenated alkanes) is 2. The van der Waals surface area contributed by atoms with Crippen LogP contribution in [0.25, 0.3) is 5.76 Å². The maximum absolute atomic E-state index is 13.1. The number of hydrogen-bond acceptors (Lipinski definition) is 6. The molecule has 0 radical (unpaired) electrons. The van der Waals surface area contributed by atoms with E-state index in [0.717, 1.165) is 24.1 Å². The van der Waals surface area contributed by atoms with Gasteiger partial charge in [-0.25, -0.2) is 0 Å². The number of amides is 1. The maximum atomic E-state index is 13.1. The lowest BCUT2D eigenvalue weighted by Gasteiger charge is -2.24. The van der Waals surface area contributed by atoms with Gasteiger partial charge in [-0.1, -0.05) is 25.8 Å². The molecule has 0 saturated carbocycles. The lowest BCUT2D eigenvalue weighted by atomic mass is 9.99. The molecule has 2 heterocycles. The molecule has 1 aliphatic heterocycles. The molecule has 6 nitrogen and oxygen atoms in total. The minimum atomic E-state index is -0.724. The van der Waals surface area contributed by atoms with E-state index in [4.69, 9.17) is 9.47 Å². The van der Waals surface area contributed by atoms with Crippen LogP contribution in [0.15, 0.2) is 71.6 Å². The van der Waals surface area contributed by atoms with Crippen LogP contribution in [0.1, 0.15) is 42.7 Å². The largest absolute Gasteiger partial charge is 0.507 e. The third-order valence-electron chi connectivity index (χ3n) is 5.75. The summed E-state index contributed by atoms with van der Waals surface area (Å²) in [7, 11) is 1.56. The number of thiophene rings is 1. The standard InChI is InChI=1S/C27H27NO5S/c1-3-4-5-16-33-21-12-8-18(9-13-21)25(29)23-24(22-7-6-17-34-22)28(27(31)26(23)30)19-10-14-20(32-2)15-11-19/h6-15,17,24,29H,3-5,16H2,1-2H3/b25-23-. The van der Waals surface area contributed by atoms with E-state index in [2.05, 4.69) is 6.92 Å². The zero-order chi connectivity index (χ0) is 24.1. The maximum Gasteiger partial charge on any atom is 0.300 e. The Bertz CT molecular complexity index is 1170. The Hall–Kier alpha value is -3.58. The molecule has 1 amide bonds. The number of nitrogens with zero attached hydrogens (tertiary/aromatic N) is 1. The number of aliphatic hydroxyl groups is 1. The van der Waals surface area contributed by atoms with Crippen molar-refractivity contribution in [2.45, 2.75) is 32.2 Å². The first-order valence-electron chi connectivity index (χ1n) is 11.3. The van der Waals surface area contributed by atoms with Crippen molar-refractivity contribution in [3.8, 4) is 11.5 Å². The number of ether oxygens (including phenoxy) is 2. The van der Waals surface area contributed by atoms with Gasteiger partial charge in [0.05, 0.1) is 19.3 Å². The van der Waals surface area contributed by atoms with E-state index in [0.29, 0.717) is 29.4 Å². The lowest BCUT2D eigenvalue weighted by molar-refractivity contribution is -0.132. The highest BCUT2D eigenvalue weighted by Crippen LogP contribution is 2.43. The van der Waals surface area contributed by atoms with E-state index in [-0.39, 0.29) is 11.3 Å². The number of ketones is 1. The average Bonchev–Trinajstić information content (AvgIpc) is 3.49. The van der Waals surface area contributed by atoms with Crippen molar-refractivity contribution >= 4 is 34.5 Å². The second-order valence-corrected chi connectivity index (χ2v) is 8.94. The SMILES string of the molecule is CCCCCOc1ccc(/C(O)=C2/C(=O)C(=O)N(c3ccc(OC)cc3)C2c2cccs2)cc1. The van der Waals surface area contributed by atoms with Gasteiger partial charge in [-0.05, 0) is 66.4 Å². The van der Waals surface area contributed by atoms with Crippen molar-refractivity contribution in [3.63, 3.8) is 0 Å². The highest BCUT2D eigenvalue weighted by molar-refractivity contribution is 7.10. The number of carbonyl (C=O) groups is 2. The number of aliphatic hydroxyl groups excluding tert-OH is 1. The zero-order valence-electron chi connectivity index (χ0n) is 19.2. The summed E-state index contributed by atoms with van der Waals surface area (Å²) < 4.78 is 11.0. The Morgan fingerprint density at radius 3 is 2.32 bits per heavy atom. The highest BCUT2D eigenvalue weighted by Gasteiger charge is 2.47. The summed E-state index contributed by atoms with van der Waals surface area (Å²) >= 11 is 1.43. The molecule has 176 valence electrons. The third kappa shape index (κ3) is 4.70. The van der Waals surface area contributed by atoms with E-state index in [1.165, 1.54) is 16.2 Å². The van der Waals surface area contributed by atoms with Gasteiger partial charge in [0.25, 0.3) is 11.7 Å². The zero-order valence-corrected chi connectivity index (χ0v) is 20.0. The fraction of sp³-hybridized carbons (Fsp3) is 0.259. The van der Waals surface area contributed by atoms with Gasteiger partial charge in [0, 0.05) is 16.1 Å². The predicted molar refractivity (Wildman–Crippen MR) is 134 cm³/mol. The molecule has 1 aliphatic rings. The number of rotatable bonds is 9. The number of anilines is 1. The quantitative estimate of drug-likeness (QED) is 0.178. The molecule has 4 rings (SSSR count). The van der Waals surface area contributed by atoms with Crippen LogP contribution >= 0.6 is 11.3 Å². The average molecular weight is 478 g/mol. The lowest BCUT2D eigenvalue weighted by Crippen LogP contribution is -2.29. The summed E-state index contributed by atoms with van der Waals surface area (Å²) in [5.74, 6) is -0.260. The second kappa shape index (κ2) is 10.6. The van der Waals surface area contributed by atoms with Crippen molar-refractivity contribution in [2.24, 2.45) is 0 Å². The molecule has 0 bridgehead atoms. The van der Waals surface area contributed by atoms with Crippen molar-refractivity contribution < 1.29 is 24.2 Å². The van der Waals surface area contributed by atoms with Crippen LogP contribution in [0, 0.1) is 0 Å². The number of methoxy groups -OCH3 is 1. The van der Waals surface area contributed by atoms with Crippen LogP contribution in [-0.4, -0.2) is 30.5 Å². The summed E-state index contributed by atoms with van der Waals surface area (Å²) in [5, 5.41) is 13.1. The molecule has 1 saturated heterocycles. The number of Topliss-reactive ketones (excluding diaryl/α,β-unsaturated/α-hetero) is 1. The summed E-state index contributed by atoms with van der Waals surface area (Å²) in [6.07, 6.45) is 3.21. The smallest absolute Gasteiger partial charge is 0.300 e. The molecule has 0 spiro atoms. The van der Waals surface area contributed by atoms with E-state index < -0.39 is 17.7 Å². The third-order valence-corrected chi connectivity index (χ3v) is 6.68. The summed E-state index contributed by atoms with van der Waals surface area (Å²) in [5.41, 5.74) is 1.08. The van der Waals surface area contributed by atoms with Crippen LogP contribution < -0.4 is 14.4 Å². The Morgan fingerprint density at radius 1 is 1.00 bits per heavy atom. The summed E-state index contributed by atoms with van der Waals surface area (Å²) in [6, 6.07) is 16.9. The number of hydrogen-bond donors (Lipinski definition) is 1. The van der Waals surface area contributed by atoms with E-state index >= 15 is 0 Å². The van der Waals surface area contributed by atoms with Crippen LogP contribution in [0.5, 0.6) is 11.5 Å². The molecular formula is C27H27NO5S. The van der Waals surface area contributed by atoms with Crippen LogP contribution in [0.3, 0.4) is 0 Å². The molecule has 1 atom stereocenters. The Morgan fingerprint density at radius 2 is 1.71 bits per heavy atom. The fourth-order valence-corrected chi connectivity index (χ4v) is 4.79. The topological polar surface area (TPSA) is 76.1 Å². The molecule has 3 aromatic rings. The minimum Gasteiger partial charge on any atom is -0.507 e. The molecule has 0 aliphatic carbocycles. The Kier molecular flexibility index (Phi) is 7.33. The normalized spacial score (nSPS) is 17.2. The second-order valence-electron chi connectivity index (χ2n) is 7.96. The molecular weight excluding hydrogens is 450 g/mol. The van der Waals surface area contributed by atoms with Crippen LogP contribution in [0.4, 0.5) is 5.69 Å². The van der Waals surface area contributed by atoms with Crippen molar-refractivity contribution in [1.82, 2.24) is 0 Å². The molecule has 1 aromatic heterocycles. The first-order chi connectivity index (χ1) is 16.5. The van der Waals surface area contributed by atoms with Gasteiger partial charge in [0.15, 0.2) is 0 Å². The first kappa shape index (κ1) is 23.6. The molecule has 7 heteroatoms. The summed E-state index contributed by atoms with van der Waals surface area (Å²) in [4.78, 5) is 28.5. The Labute approximate surface area is 203 Å². The monoisotopic (exact) mass is 477 g/mol. The van der Waals surface area contributed by atoms with E-state index in [1.54, 1.807) is 55.6 Å². The van der Waals surface area contributed by atoms with E-state index in [1.807, 2.05) is 17.5 Å². The number of benzene rings is 2. The molecule has 1 unspecified atom stereocenters. The van der Waals surface area contributed by atoms with Crippen LogP contribution in [-0.2, 0) is 9.59 Å². The van der Waals surface area contributed by atoms with Gasteiger partial charge >= 0.3 is 0 Å². The molecule has 2 aromatic carbocycles. The van der Waals surface area contributed by atoms with Gasteiger partial charge in [0.2, 0.25) is 0 Å². The van der Waals surface area contributed by atoms with Crippen molar-refractivity contribution in [2.75, 3.05) is 18.6 Å². The fourth-order valence-electron chi connectivity index (χ4n) is 3.96. The van der Waals surface area contributed by atoms with Gasteiger partial charge in [-0.3, -0.25) is 14.5 Å².